The first-order valence-corrected chi connectivity index (χ1v) is 5.24. The third-order valence-electron chi connectivity index (χ3n) is 2.25. The molecule has 1 rings (SSSR count). The van der Waals surface area contributed by atoms with Crippen LogP contribution >= 0.6 is 11.6 Å². The van der Waals surface area contributed by atoms with E-state index in [0.717, 1.165) is 12.1 Å². The van der Waals surface area contributed by atoms with Gasteiger partial charge in [-0.3, -0.25) is 4.79 Å². The van der Waals surface area contributed by atoms with Gasteiger partial charge in [0, 0.05) is 5.88 Å². The number of nitrogens with zero attached hydrogens (tertiary/aromatic N) is 1. The second-order valence-corrected chi connectivity index (χ2v) is 3.75. The normalized spacial score (nSPS) is 11.1. The molecule has 0 aromatic heterocycles. The van der Waals surface area contributed by atoms with Gasteiger partial charge in [0.05, 0.1) is 23.6 Å². The summed E-state index contributed by atoms with van der Waals surface area (Å²) in [5.41, 5.74) is -1.53. The van der Waals surface area contributed by atoms with Crippen LogP contribution in [0.15, 0.2) is 12.1 Å². The van der Waals surface area contributed by atoms with Gasteiger partial charge in [-0.1, -0.05) is 0 Å². The topological polar surface area (TPSA) is 61.1 Å². The van der Waals surface area contributed by atoms with Crippen LogP contribution in [-0.4, -0.2) is 11.1 Å². The van der Waals surface area contributed by atoms with E-state index in [1.165, 1.54) is 6.07 Å². The molecule has 96 valence electrons. The molecule has 1 N–H and O–H groups in total. The lowest BCUT2D eigenvalue weighted by Gasteiger charge is -2.13. The highest BCUT2D eigenvalue weighted by Crippen LogP contribution is 2.34. The number of carboxylic acids is 1. The van der Waals surface area contributed by atoms with E-state index >= 15 is 0 Å². The lowest BCUT2D eigenvalue weighted by atomic mass is 9.97. The van der Waals surface area contributed by atoms with Crippen LogP contribution in [0.4, 0.5) is 13.2 Å². The SMILES string of the molecule is N#Cc1cc(CC(=O)O)c(CCl)cc1C(F)(F)F. The van der Waals surface area contributed by atoms with Crippen LogP contribution in [0.2, 0.25) is 0 Å². The van der Waals surface area contributed by atoms with E-state index in [1.54, 1.807) is 0 Å². The number of carbonyl (C=O) groups is 1. The first-order chi connectivity index (χ1) is 8.29. The number of hydrogen-bond donors (Lipinski definition) is 1. The van der Waals surface area contributed by atoms with E-state index in [4.69, 9.17) is 22.0 Å². The van der Waals surface area contributed by atoms with Crippen LogP contribution in [0.25, 0.3) is 0 Å². The number of nitriles is 1. The lowest BCUT2D eigenvalue weighted by Crippen LogP contribution is -2.11. The smallest absolute Gasteiger partial charge is 0.417 e. The Bertz CT molecular complexity index is 520. The van der Waals surface area contributed by atoms with Crippen molar-refractivity contribution in [2.75, 3.05) is 0 Å². The summed E-state index contributed by atoms with van der Waals surface area (Å²) in [4.78, 5) is 10.6. The van der Waals surface area contributed by atoms with Gasteiger partial charge in [-0.05, 0) is 23.3 Å². The maximum Gasteiger partial charge on any atom is 0.417 e. The quantitative estimate of drug-likeness (QED) is 0.864. The Balaban J connectivity index is 3.43. The van der Waals surface area contributed by atoms with Crippen molar-refractivity contribution >= 4 is 17.6 Å². The number of alkyl halides is 4. The fraction of sp³-hybridized carbons (Fsp3) is 0.273. The predicted molar refractivity (Wildman–Crippen MR) is 57.1 cm³/mol. The summed E-state index contributed by atoms with van der Waals surface area (Å²) >= 11 is 5.49. The van der Waals surface area contributed by atoms with Gasteiger partial charge in [0.2, 0.25) is 0 Å². The van der Waals surface area contributed by atoms with E-state index < -0.39 is 29.7 Å². The molecule has 0 aliphatic heterocycles. The first-order valence-electron chi connectivity index (χ1n) is 4.70. The predicted octanol–water partition coefficient (Wildman–Crippen LogP) is 2.94. The monoisotopic (exact) mass is 277 g/mol. The van der Waals surface area contributed by atoms with Crippen molar-refractivity contribution in [1.29, 1.82) is 5.26 Å². The summed E-state index contributed by atoms with van der Waals surface area (Å²) in [6.07, 6.45) is -5.15. The summed E-state index contributed by atoms with van der Waals surface area (Å²) < 4.78 is 37.9. The maximum atomic E-state index is 12.6. The fourth-order valence-electron chi connectivity index (χ4n) is 1.47. The zero-order valence-electron chi connectivity index (χ0n) is 8.88. The first kappa shape index (κ1) is 14.3. The summed E-state index contributed by atoms with van der Waals surface area (Å²) in [6.45, 7) is 0. The minimum absolute atomic E-state index is 0.0605. The average molecular weight is 278 g/mol. The van der Waals surface area contributed by atoms with E-state index in [-0.39, 0.29) is 17.0 Å². The van der Waals surface area contributed by atoms with Crippen LogP contribution in [0.3, 0.4) is 0 Å². The van der Waals surface area contributed by atoms with Crippen molar-refractivity contribution in [2.24, 2.45) is 0 Å². The Hall–Kier alpha value is -1.74. The van der Waals surface area contributed by atoms with Crippen LogP contribution < -0.4 is 0 Å². The molecule has 0 bridgehead atoms. The highest BCUT2D eigenvalue weighted by Gasteiger charge is 2.34. The molecule has 3 nitrogen and oxygen atoms in total. The largest absolute Gasteiger partial charge is 0.481 e. The molecular formula is C11H7ClF3NO2. The average Bonchev–Trinajstić information content (AvgIpc) is 2.26. The van der Waals surface area contributed by atoms with Gasteiger partial charge in [-0.25, -0.2) is 0 Å². The van der Waals surface area contributed by atoms with E-state index in [2.05, 4.69) is 0 Å². The molecule has 1 aromatic carbocycles. The van der Waals surface area contributed by atoms with E-state index in [1.807, 2.05) is 0 Å². The van der Waals surface area contributed by atoms with E-state index in [0.29, 0.717) is 0 Å². The number of carboxylic acid groups (broad SMARTS) is 1. The number of rotatable bonds is 3. The van der Waals surface area contributed by atoms with Crippen molar-refractivity contribution in [3.63, 3.8) is 0 Å². The Kier molecular flexibility index (Phi) is 4.19. The Morgan fingerprint density at radius 3 is 2.39 bits per heavy atom. The lowest BCUT2D eigenvalue weighted by molar-refractivity contribution is -0.138. The molecule has 7 heteroatoms. The molecule has 0 saturated carbocycles. The van der Waals surface area contributed by atoms with Crippen LogP contribution in [0.1, 0.15) is 22.3 Å². The fourth-order valence-corrected chi connectivity index (χ4v) is 1.72. The zero-order valence-corrected chi connectivity index (χ0v) is 9.64. The second-order valence-electron chi connectivity index (χ2n) is 3.48. The van der Waals surface area contributed by atoms with Crippen LogP contribution in [0.5, 0.6) is 0 Å². The van der Waals surface area contributed by atoms with Crippen molar-refractivity contribution in [3.8, 4) is 6.07 Å². The molecule has 0 amide bonds. The highest BCUT2D eigenvalue weighted by atomic mass is 35.5. The van der Waals surface area contributed by atoms with Crippen molar-refractivity contribution < 1.29 is 23.1 Å². The molecule has 0 unspecified atom stereocenters. The molecule has 0 atom stereocenters. The zero-order chi connectivity index (χ0) is 13.9. The summed E-state index contributed by atoms with van der Waals surface area (Å²) in [5, 5.41) is 17.3. The molecule has 0 heterocycles. The highest BCUT2D eigenvalue weighted by molar-refractivity contribution is 6.17. The minimum atomic E-state index is -4.67. The number of halogens is 4. The maximum absolute atomic E-state index is 12.6. The molecule has 0 spiro atoms. The van der Waals surface area contributed by atoms with Gasteiger partial charge in [-0.2, -0.15) is 18.4 Å². The molecule has 18 heavy (non-hydrogen) atoms. The third-order valence-corrected chi connectivity index (χ3v) is 2.54. The number of hydrogen-bond acceptors (Lipinski definition) is 2. The minimum Gasteiger partial charge on any atom is -0.481 e. The van der Waals surface area contributed by atoms with Crippen LogP contribution in [-0.2, 0) is 23.3 Å². The number of aliphatic carboxylic acids is 1. The van der Waals surface area contributed by atoms with Crippen molar-refractivity contribution in [1.82, 2.24) is 0 Å². The summed E-state index contributed by atoms with van der Waals surface area (Å²) in [6, 6.07) is 3.06. The molecule has 0 radical (unpaired) electrons. The molecule has 0 fully saturated rings. The standard InChI is InChI=1S/C11H7ClF3NO2/c12-4-7-2-9(11(13,14)15)8(5-16)1-6(7)3-10(17)18/h1-2H,3-4H2,(H,17,18). The molecule has 1 aromatic rings. The summed E-state index contributed by atoms with van der Waals surface area (Å²) in [5.74, 6) is -1.46. The van der Waals surface area contributed by atoms with Gasteiger partial charge in [0.15, 0.2) is 0 Å². The third kappa shape index (κ3) is 3.14. The summed E-state index contributed by atoms with van der Waals surface area (Å²) in [7, 11) is 0. The second kappa shape index (κ2) is 5.27. The van der Waals surface area contributed by atoms with Crippen molar-refractivity contribution in [2.45, 2.75) is 18.5 Å². The van der Waals surface area contributed by atoms with Gasteiger partial charge in [-0.15, -0.1) is 11.6 Å². The van der Waals surface area contributed by atoms with Gasteiger partial charge in [0.25, 0.3) is 0 Å². The Morgan fingerprint density at radius 1 is 1.39 bits per heavy atom. The Labute approximate surface area is 105 Å². The Morgan fingerprint density at radius 2 is 2.00 bits per heavy atom. The number of benzene rings is 1. The van der Waals surface area contributed by atoms with Gasteiger partial charge in [0.1, 0.15) is 0 Å². The van der Waals surface area contributed by atoms with Gasteiger partial charge < -0.3 is 5.11 Å². The molecule has 0 aliphatic rings. The molecule has 0 aliphatic carbocycles. The molecule has 0 saturated heterocycles. The van der Waals surface area contributed by atoms with Crippen molar-refractivity contribution in [3.05, 3.63) is 34.4 Å². The van der Waals surface area contributed by atoms with E-state index in [9.17, 15) is 18.0 Å². The molecular weight excluding hydrogens is 271 g/mol. The van der Waals surface area contributed by atoms with Gasteiger partial charge >= 0.3 is 12.1 Å². The van der Waals surface area contributed by atoms with Crippen LogP contribution in [0, 0.1) is 11.3 Å².